The van der Waals surface area contributed by atoms with Crippen molar-refractivity contribution >= 4 is 21.8 Å². The summed E-state index contributed by atoms with van der Waals surface area (Å²) in [5, 5.41) is 7.89. The number of aromatic nitrogens is 5. The number of fused-ring (bicyclic) bond motifs is 3. The zero-order valence-corrected chi connectivity index (χ0v) is 43.3. The normalized spacial score (nSPS) is 12.2. The first-order valence-corrected chi connectivity index (χ1v) is 25.3. The predicted octanol–water partition coefficient (Wildman–Crippen LogP) is 16.8. The zero-order chi connectivity index (χ0) is 50.6. The quantitative estimate of drug-likeness (QED) is 0.107. The third kappa shape index (κ3) is 9.14. The second-order valence-corrected chi connectivity index (χ2v) is 22.2. The van der Waals surface area contributed by atoms with Crippen LogP contribution >= 0.6 is 0 Å². The Kier molecular flexibility index (Phi) is 11.8. The summed E-state index contributed by atoms with van der Waals surface area (Å²) in [6, 6.07) is 70.9. The highest BCUT2D eigenvalue weighted by Gasteiger charge is 2.26. The van der Waals surface area contributed by atoms with Crippen LogP contribution in [0.15, 0.2) is 206 Å². The van der Waals surface area contributed by atoms with Crippen LogP contribution in [0.25, 0.3) is 83.8 Å². The average Bonchev–Trinajstić information content (AvgIpc) is 3.99. The Balaban J connectivity index is 1.13. The van der Waals surface area contributed by atoms with Gasteiger partial charge >= 0.3 is 0 Å². The van der Waals surface area contributed by atoms with Crippen molar-refractivity contribution in [1.82, 2.24) is 19.2 Å². The van der Waals surface area contributed by atoms with E-state index in [1.165, 1.54) is 16.7 Å². The van der Waals surface area contributed by atoms with E-state index in [0.29, 0.717) is 11.5 Å². The smallest absolute Gasteiger partial charge is 0.273 e. The van der Waals surface area contributed by atoms with Crippen molar-refractivity contribution in [2.24, 2.45) is 0 Å². The molecule has 0 saturated carbocycles. The van der Waals surface area contributed by atoms with Gasteiger partial charge in [0.15, 0.2) is 5.82 Å². The van der Waals surface area contributed by atoms with Gasteiger partial charge in [0.05, 0.1) is 22.4 Å². The molecule has 0 saturated heterocycles. The molecule has 0 bridgehead atoms. The molecule has 0 fully saturated rings. The van der Waals surface area contributed by atoms with Gasteiger partial charge in [-0.1, -0.05) is 220 Å². The number of benzene rings is 8. The molecule has 6 heteroatoms. The number of hydrogen-bond acceptors (Lipinski definition) is 3. The summed E-state index contributed by atoms with van der Waals surface area (Å²) in [4.78, 5) is 5.01. The van der Waals surface area contributed by atoms with Crippen molar-refractivity contribution in [2.75, 3.05) is 0 Å². The molecule has 3 heterocycles. The van der Waals surface area contributed by atoms with Gasteiger partial charge in [-0.2, -0.15) is 4.68 Å². The lowest BCUT2D eigenvalue weighted by molar-refractivity contribution is -0.660. The molecule has 73 heavy (non-hydrogen) atoms. The molecule has 0 aliphatic rings. The van der Waals surface area contributed by atoms with E-state index in [0.717, 1.165) is 83.8 Å². The maximum Gasteiger partial charge on any atom is 0.273 e. The van der Waals surface area contributed by atoms with Crippen LogP contribution in [0.2, 0.25) is 0 Å². The van der Waals surface area contributed by atoms with Crippen molar-refractivity contribution < 1.29 is 9.42 Å². The Morgan fingerprint density at radius 3 is 1.63 bits per heavy atom. The van der Waals surface area contributed by atoms with Crippen LogP contribution in [-0.4, -0.2) is 19.2 Å². The van der Waals surface area contributed by atoms with Crippen LogP contribution in [0, 0.1) is 6.33 Å². The summed E-state index contributed by atoms with van der Waals surface area (Å²) >= 11 is 0. The summed E-state index contributed by atoms with van der Waals surface area (Å²) in [5.41, 5.74) is 14.8. The van der Waals surface area contributed by atoms with Crippen molar-refractivity contribution in [3.63, 3.8) is 0 Å². The van der Waals surface area contributed by atoms with Crippen LogP contribution in [0.3, 0.4) is 0 Å². The van der Waals surface area contributed by atoms with Crippen molar-refractivity contribution in [2.45, 2.75) is 78.6 Å². The van der Waals surface area contributed by atoms with Gasteiger partial charge in [0.2, 0.25) is 0 Å². The van der Waals surface area contributed by atoms with E-state index in [2.05, 4.69) is 272 Å². The molecule has 0 aliphatic heterocycles. The van der Waals surface area contributed by atoms with E-state index in [1.807, 2.05) is 16.9 Å². The maximum atomic E-state index is 7.12. The van der Waals surface area contributed by atoms with Gasteiger partial charge in [0, 0.05) is 28.6 Å². The molecule has 3 aromatic heterocycles. The predicted molar refractivity (Wildman–Crippen MR) is 300 cm³/mol. The third-order valence-corrected chi connectivity index (χ3v) is 13.9. The largest absolute Gasteiger partial charge is 0.458 e. The number of para-hydroxylation sites is 1. The van der Waals surface area contributed by atoms with E-state index < -0.39 is 0 Å². The molecule has 0 atom stereocenters. The Labute approximate surface area is 429 Å². The van der Waals surface area contributed by atoms with Crippen LogP contribution in [0.5, 0.6) is 11.5 Å². The summed E-state index contributed by atoms with van der Waals surface area (Å²) in [5.74, 6) is 2.99. The Morgan fingerprint density at radius 1 is 0.466 bits per heavy atom. The lowest BCUT2D eigenvalue weighted by Gasteiger charge is -2.26. The fourth-order valence-electron chi connectivity index (χ4n) is 9.92. The molecule has 11 aromatic rings. The summed E-state index contributed by atoms with van der Waals surface area (Å²) < 4.78 is 13.4. The van der Waals surface area contributed by atoms with Crippen molar-refractivity contribution in [3.8, 4) is 73.5 Å². The lowest BCUT2D eigenvalue weighted by atomic mass is 9.80. The molecule has 0 unspecified atom stereocenters. The van der Waals surface area contributed by atoms with Crippen LogP contribution in [-0.2, 0) is 16.2 Å². The number of ether oxygens (including phenoxy) is 1. The van der Waals surface area contributed by atoms with Gasteiger partial charge < -0.3 is 4.74 Å². The number of pyridine rings is 1. The first-order valence-electron chi connectivity index (χ1n) is 25.3. The van der Waals surface area contributed by atoms with Crippen molar-refractivity contribution in [1.29, 1.82) is 0 Å². The summed E-state index contributed by atoms with van der Waals surface area (Å²) in [6.07, 6.45) is 5.71. The standard InChI is InChI=1S/C67H61N5O/c1-65(2,3)48-35-36-68-61(40-48)72-59-34-20-19-31-57(59)62-58(47-27-17-12-18-28-47)42-54(43-60(62)72)73-53-30-21-29-51(41-53)70-44-71(52-38-49(66(4,5)6)37-50(39-52)67(7,8)9)69-64(70)63-55(45-23-13-10-14-24-45)32-22-33-56(63)46-25-15-11-16-26-46/h10-43H,1-9H3. The van der Waals surface area contributed by atoms with E-state index in [-0.39, 0.29) is 16.2 Å². The molecule has 0 amide bonds. The minimum atomic E-state index is -0.0985. The zero-order valence-electron chi connectivity index (χ0n) is 43.3. The van der Waals surface area contributed by atoms with Gasteiger partial charge in [-0.15, -0.1) is 5.10 Å². The second-order valence-electron chi connectivity index (χ2n) is 22.2. The molecule has 6 nitrogen and oxygen atoms in total. The lowest BCUT2D eigenvalue weighted by Crippen LogP contribution is -2.34. The van der Waals surface area contributed by atoms with Gasteiger partial charge in [-0.25, -0.2) is 4.98 Å². The highest BCUT2D eigenvalue weighted by molar-refractivity contribution is 6.16. The first-order chi connectivity index (χ1) is 35.1. The SMILES string of the molecule is CC(C)(C)c1cc(-[n+]2[c-]n(-c3cccc(Oc4cc(-c5ccccc5)c5c6ccccc6n(-c6cc(C(C)(C)C)ccn6)c5c4)c3)c(-c3c(-c4ccccc4)cccc3-c3ccccc3)n2)cc(C(C)(C)C)c1. The fourth-order valence-corrected chi connectivity index (χ4v) is 9.92. The van der Waals surface area contributed by atoms with Gasteiger partial charge in [0.25, 0.3) is 6.33 Å². The number of hydrogen-bond donors (Lipinski definition) is 0. The third-order valence-electron chi connectivity index (χ3n) is 13.9. The second kappa shape index (κ2) is 18.4. The molecule has 11 rings (SSSR count). The molecule has 0 N–H and O–H groups in total. The maximum absolute atomic E-state index is 7.12. The van der Waals surface area contributed by atoms with E-state index in [1.54, 1.807) is 0 Å². The van der Waals surface area contributed by atoms with Gasteiger partial charge in [-0.3, -0.25) is 9.13 Å². The topological polar surface area (TPSA) is 48.8 Å². The Hall–Kier alpha value is -8.35. The van der Waals surface area contributed by atoms with E-state index in [4.69, 9.17) is 14.8 Å². The molecule has 8 aromatic carbocycles. The molecule has 0 spiro atoms. The van der Waals surface area contributed by atoms with Gasteiger partial charge in [0.1, 0.15) is 17.3 Å². The summed E-state index contributed by atoms with van der Waals surface area (Å²) in [6.45, 7) is 20.4. The van der Waals surface area contributed by atoms with E-state index in [9.17, 15) is 0 Å². The minimum Gasteiger partial charge on any atom is -0.458 e. The minimum absolute atomic E-state index is 0.0602. The number of rotatable bonds is 9. The Bertz CT molecular complexity index is 3720. The first kappa shape index (κ1) is 47.0. The number of nitrogens with zero attached hydrogens (tertiary/aromatic N) is 5. The molecule has 0 aliphatic carbocycles. The average molecular weight is 952 g/mol. The van der Waals surface area contributed by atoms with Crippen LogP contribution < -0.4 is 9.42 Å². The summed E-state index contributed by atoms with van der Waals surface area (Å²) in [7, 11) is 0. The van der Waals surface area contributed by atoms with Crippen LogP contribution in [0.4, 0.5) is 0 Å². The fraction of sp³-hybridized carbons (Fsp3) is 0.179. The molecular formula is C67H61N5O. The Morgan fingerprint density at radius 2 is 1.03 bits per heavy atom. The molecule has 360 valence electrons. The highest BCUT2D eigenvalue weighted by Crippen LogP contribution is 2.44. The monoisotopic (exact) mass is 951 g/mol. The van der Waals surface area contributed by atoms with Crippen molar-refractivity contribution in [3.05, 3.63) is 229 Å². The van der Waals surface area contributed by atoms with Crippen LogP contribution in [0.1, 0.15) is 79.0 Å². The van der Waals surface area contributed by atoms with E-state index >= 15 is 0 Å². The molecular weight excluding hydrogens is 891 g/mol. The highest BCUT2D eigenvalue weighted by atomic mass is 16.5. The molecule has 0 radical (unpaired) electrons. The van der Waals surface area contributed by atoms with Gasteiger partial charge in [-0.05, 0) is 103 Å².